The van der Waals surface area contributed by atoms with Gasteiger partial charge in [-0.15, -0.1) is 0 Å². The molecule has 2 heteroatoms. The lowest BCUT2D eigenvalue weighted by molar-refractivity contribution is 0.117. The maximum absolute atomic E-state index is 3.80. The molecule has 0 spiro atoms. The topological polar surface area (TPSA) is 15.3 Å². The molecule has 2 unspecified atom stereocenters. The lowest BCUT2D eigenvalue weighted by Crippen LogP contribution is -2.57. The van der Waals surface area contributed by atoms with Crippen molar-refractivity contribution < 1.29 is 0 Å². The van der Waals surface area contributed by atoms with Crippen LogP contribution in [0.1, 0.15) is 78.1 Å². The van der Waals surface area contributed by atoms with Crippen molar-refractivity contribution in [3.8, 4) is 0 Å². The summed E-state index contributed by atoms with van der Waals surface area (Å²) in [6.07, 6.45) is 14.3. The second kappa shape index (κ2) is 9.04. The SMILES string of the molecule is CCCCCCCCCN1CC(C2CC2)NCC1CC. The van der Waals surface area contributed by atoms with E-state index in [1.807, 2.05) is 0 Å². The highest BCUT2D eigenvalue weighted by Crippen LogP contribution is 2.34. The van der Waals surface area contributed by atoms with Crippen molar-refractivity contribution in [1.29, 1.82) is 0 Å². The van der Waals surface area contributed by atoms with Gasteiger partial charge in [0.15, 0.2) is 0 Å². The van der Waals surface area contributed by atoms with E-state index in [1.165, 1.54) is 83.8 Å². The first-order chi connectivity index (χ1) is 9.85. The van der Waals surface area contributed by atoms with E-state index >= 15 is 0 Å². The lowest BCUT2D eigenvalue weighted by atomic mass is 10.0. The molecule has 1 heterocycles. The third-order valence-corrected chi connectivity index (χ3v) is 5.27. The molecule has 0 bridgehead atoms. The van der Waals surface area contributed by atoms with Crippen LogP contribution in [0.2, 0.25) is 0 Å². The molecule has 2 rings (SSSR count). The smallest absolute Gasteiger partial charge is 0.0224 e. The number of rotatable bonds is 10. The van der Waals surface area contributed by atoms with E-state index in [9.17, 15) is 0 Å². The molecule has 118 valence electrons. The van der Waals surface area contributed by atoms with Gasteiger partial charge in [0, 0.05) is 25.2 Å². The molecule has 0 aromatic rings. The maximum atomic E-state index is 3.80. The van der Waals surface area contributed by atoms with Crippen LogP contribution < -0.4 is 5.32 Å². The number of nitrogens with one attached hydrogen (secondary N) is 1. The van der Waals surface area contributed by atoms with Gasteiger partial charge in [0.25, 0.3) is 0 Å². The van der Waals surface area contributed by atoms with Gasteiger partial charge in [-0.05, 0) is 38.1 Å². The largest absolute Gasteiger partial charge is 0.311 e. The zero-order valence-corrected chi connectivity index (χ0v) is 13.9. The van der Waals surface area contributed by atoms with Crippen molar-refractivity contribution >= 4 is 0 Å². The number of piperazine rings is 1. The summed E-state index contributed by atoms with van der Waals surface area (Å²) in [5.74, 6) is 1.00. The first kappa shape index (κ1) is 16.3. The van der Waals surface area contributed by atoms with Crippen LogP contribution >= 0.6 is 0 Å². The van der Waals surface area contributed by atoms with Crippen molar-refractivity contribution in [2.24, 2.45) is 5.92 Å². The van der Waals surface area contributed by atoms with Crippen LogP contribution in [0.5, 0.6) is 0 Å². The highest BCUT2D eigenvalue weighted by atomic mass is 15.2. The van der Waals surface area contributed by atoms with Crippen molar-refractivity contribution in [3.05, 3.63) is 0 Å². The Bertz CT molecular complexity index is 250. The van der Waals surface area contributed by atoms with E-state index in [0.717, 1.165) is 18.0 Å². The molecule has 0 radical (unpaired) electrons. The summed E-state index contributed by atoms with van der Waals surface area (Å²) in [6.45, 7) is 8.54. The molecule has 2 nitrogen and oxygen atoms in total. The summed E-state index contributed by atoms with van der Waals surface area (Å²) in [6, 6.07) is 1.60. The van der Waals surface area contributed by atoms with E-state index in [4.69, 9.17) is 0 Å². The van der Waals surface area contributed by atoms with Crippen LogP contribution in [0.15, 0.2) is 0 Å². The molecular formula is C18H36N2. The fraction of sp³-hybridized carbons (Fsp3) is 1.00. The third-order valence-electron chi connectivity index (χ3n) is 5.27. The molecule has 20 heavy (non-hydrogen) atoms. The first-order valence-corrected chi connectivity index (χ1v) is 9.32. The fourth-order valence-electron chi connectivity index (χ4n) is 3.65. The molecule has 1 N–H and O–H groups in total. The Balaban J connectivity index is 1.58. The number of hydrogen-bond acceptors (Lipinski definition) is 2. The van der Waals surface area contributed by atoms with Crippen LogP contribution in [0.3, 0.4) is 0 Å². The predicted molar refractivity (Wildman–Crippen MR) is 88.2 cm³/mol. The van der Waals surface area contributed by atoms with Gasteiger partial charge in [-0.25, -0.2) is 0 Å². The molecule has 2 fully saturated rings. The predicted octanol–water partition coefficient (Wildman–Crippen LogP) is 4.20. The Kier molecular flexibility index (Phi) is 7.37. The van der Waals surface area contributed by atoms with Crippen LogP contribution in [0.25, 0.3) is 0 Å². The highest BCUT2D eigenvalue weighted by molar-refractivity contribution is 4.94. The van der Waals surface area contributed by atoms with Gasteiger partial charge in [-0.2, -0.15) is 0 Å². The van der Waals surface area contributed by atoms with Crippen molar-refractivity contribution in [1.82, 2.24) is 10.2 Å². The van der Waals surface area contributed by atoms with Gasteiger partial charge in [0.2, 0.25) is 0 Å². The van der Waals surface area contributed by atoms with E-state index < -0.39 is 0 Å². The Hall–Kier alpha value is -0.0800. The molecule has 1 saturated heterocycles. The fourth-order valence-corrected chi connectivity index (χ4v) is 3.65. The summed E-state index contributed by atoms with van der Waals surface area (Å²) in [7, 11) is 0. The average molecular weight is 281 g/mol. The number of nitrogens with zero attached hydrogens (tertiary/aromatic N) is 1. The summed E-state index contributed by atoms with van der Waals surface area (Å²) in [4.78, 5) is 2.80. The highest BCUT2D eigenvalue weighted by Gasteiger charge is 2.36. The third kappa shape index (κ3) is 5.37. The summed E-state index contributed by atoms with van der Waals surface area (Å²) in [5.41, 5.74) is 0. The summed E-state index contributed by atoms with van der Waals surface area (Å²) in [5, 5.41) is 3.80. The number of hydrogen-bond donors (Lipinski definition) is 1. The van der Waals surface area contributed by atoms with Crippen LogP contribution in [0.4, 0.5) is 0 Å². The summed E-state index contributed by atoms with van der Waals surface area (Å²) >= 11 is 0. The van der Waals surface area contributed by atoms with Crippen molar-refractivity contribution in [3.63, 3.8) is 0 Å². The van der Waals surface area contributed by atoms with Gasteiger partial charge in [-0.3, -0.25) is 4.90 Å². The molecule has 2 aliphatic rings. The Morgan fingerprint density at radius 1 is 0.950 bits per heavy atom. The van der Waals surface area contributed by atoms with Crippen LogP contribution in [-0.4, -0.2) is 36.6 Å². The zero-order chi connectivity index (χ0) is 14.2. The van der Waals surface area contributed by atoms with E-state index in [1.54, 1.807) is 0 Å². The van der Waals surface area contributed by atoms with Crippen LogP contribution in [-0.2, 0) is 0 Å². The summed E-state index contributed by atoms with van der Waals surface area (Å²) < 4.78 is 0. The van der Waals surface area contributed by atoms with Gasteiger partial charge in [0.05, 0.1) is 0 Å². The Labute approximate surface area is 126 Å². The molecule has 0 aromatic carbocycles. The molecule has 1 aliphatic heterocycles. The molecule has 0 amide bonds. The van der Waals surface area contributed by atoms with Crippen LogP contribution in [0, 0.1) is 5.92 Å². The second-order valence-corrected chi connectivity index (χ2v) is 7.03. The molecular weight excluding hydrogens is 244 g/mol. The zero-order valence-electron chi connectivity index (χ0n) is 13.9. The molecule has 2 atom stereocenters. The Morgan fingerprint density at radius 3 is 2.30 bits per heavy atom. The quantitative estimate of drug-likeness (QED) is 0.603. The van der Waals surface area contributed by atoms with Gasteiger partial charge >= 0.3 is 0 Å². The lowest BCUT2D eigenvalue weighted by Gasteiger charge is -2.40. The van der Waals surface area contributed by atoms with Gasteiger partial charge in [-0.1, -0.05) is 52.4 Å². The van der Waals surface area contributed by atoms with E-state index in [-0.39, 0.29) is 0 Å². The standard InChI is InChI=1S/C18H36N2/c1-3-5-6-7-8-9-10-13-20-15-18(16-11-12-16)19-14-17(20)4-2/h16-19H,3-15H2,1-2H3. The Morgan fingerprint density at radius 2 is 1.65 bits per heavy atom. The van der Waals surface area contributed by atoms with E-state index in [2.05, 4.69) is 24.1 Å². The van der Waals surface area contributed by atoms with Gasteiger partial charge < -0.3 is 5.32 Å². The minimum atomic E-state index is 0.796. The normalized spacial score (nSPS) is 27.9. The minimum absolute atomic E-state index is 0.796. The number of unbranched alkanes of at least 4 members (excludes halogenated alkanes) is 6. The average Bonchev–Trinajstić information content (AvgIpc) is 3.31. The maximum Gasteiger partial charge on any atom is 0.0224 e. The van der Waals surface area contributed by atoms with Crippen molar-refractivity contribution in [2.45, 2.75) is 90.1 Å². The monoisotopic (exact) mass is 280 g/mol. The second-order valence-electron chi connectivity index (χ2n) is 7.03. The first-order valence-electron chi connectivity index (χ1n) is 9.32. The molecule has 0 aromatic heterocycles. The van der Waals surface area contributed by atoms with Gasteiger partial charge in [0.1, 0.15) is 0 Å². The van der Waals surface area contributed by atoms with Crippen molar-refractivity contribution in [2.75, 3.05) is 19.6 Å². The van der Waals surface area contributed by atoms with E-state index in [0.29, 0.717) is 0 Å². The molecule has 1 saturated carbocycles. The minimum Gasteiger partial charge on any atom is -0.311 e. The molecule has 1 aliphatic carbocycles.